The van der Waals surface area contributed by atoms with E-state index in [1.807, 2.05) is 13.0 Å². The van der Waals surface area contributed by atoms with Crippen molar-refractivity contribution >= 4 is 29.4 Å². The van der Waals surface area contributed by atoms with Crippen molar-refractivity contribution in [2.45, 2.75) is 103 Å². The van der Waals surface area contributed by atoms with Gasteiger partial charge in [-0.05, 0) is 87.0 Å². The summed E-state index contributed by atoms with van der Waals surface area (Å²) < 4.78 is 5.22. The fourth-order valence-electron chi connectivity index (χ4n) is 9.05. The Morgan fingerprint density at radius 1 is 1.00 bits per heavy atom. The Hall–Kier alpha value is -2.55. The van der Waals surface area contributed by atoms with E-state index in [4.69, 9.17) is 4.74 Å². The minimum Gasteiger partial charge on any atom is -0.480 e. The van der Waals surface area contributed by atoms with Crippen LogP contribution in [0.15, 0.2) is 11.6 Å². The minimum atomic E-state index is -1.57. The Labute approximate surface area is 229 Å². The number of ketones is 2. The van der Waals surface area contributed by atoms with E-state index >= 15 is 0 Å². The Bertz CT molecular complexity index is 1110. The maximum atomic E-state index is 13.4. The lowest BCUT2D eigenvalue weighted by Crippen LogP contribution is -2.58. The number of ether oxygens (including phenoxy) is 1. The number of carboxylic acids is 1. The molecule has 0 aromatic rings. The number of hydrogen-bond donors (Lipinski definition) is 2. The third-order valence-electron chi connectivity index (χ3n) is 11.3. The summed E-state index contributed by atoms with van der Waals surface area (Å²) in [5.41, 5.74) is -0.878. The molecule has 0 unspecified atom stereocenters. The van der Waals surface area contributed by atoms with Gasteiger partial charge in [0.05, 0.1) is 6.42 Å². The van der Waals surface area contributed by atoms with Crippen molar-refractivity contribution in [2.75, 3.05) is 13.2 Å². The smallest absolute Gasteiger partial charge is 0.326 e. The normalized spacial score (nSPS) is 39.3. The summed E-state index contributed by atoms with van der Waals surface area (Å²) in [6.07, 6.45) is 8.48. The lowest BCUT2D eigenvalue weighted by molar-refractivity contribution is -0.170. The van der Waals surface area contributed by atoms with E-state index in [-0.39, 0.29) is 30.0 Å². The van der Waals surface area contributed by atoms with Gasteiger partial charge in [-0.3, -0.25) is 19.2 Å². The number of hydrogen-bond acceptors (Lipinski definition) is 7. The SMILES string of the molecule is C[C@]12CCC(=O)C=C1CC[C@H]1[C@H]2CC[C@@]2(C)[C@@H]1CC[C@]2(O)C(=O)COC(=O)CCC(=O)N1CCC[C@@H]1C(=O)O. The van der Waals surface area contributed by atoms with E-state index in [9.17, 15) is 34.2 Å². The van der Waals surface area contributed by atoms with Gasteiger partial charge in [0, 0.05) is 24.8 Å². The summed E-state index contributed by atoms with van der Waals surface area (Å²) >= 11 is 0. The molecular formula is C30H41NO8. The zero-order chi connectivity index (χ0) is 28.2. The molecule has 214 valence electrons. The molecule has 1 heterocycles. The maximum absolute atomic E-state index is 13.4. The zero-order valence-electron chi connectivity index (χ0n) is 23.1. The zero-order valence-corrected chi connectivity index (χ0v) is 23.1. The summed E-state index contributed by atoms with van der Waals surface area (Å²) in [6, 6.07) is -0.856. The molecule has 0 bridgehead atoms. The number of fused-ring (bicyclic) bond motifs is 5. The summed E-state index contributed by atoms with van der Waals surface area (Å²) in [5, 5.41) is 21.0. The van der Waals surface area contributed by atoms with Crippen LogP contribution in [-0.4, -0.2) is 69.3 Å². The first kappa shape index (κ1) is 28.0. The van der Waals surface area contributed by atoms with Gasteiger partial charge >= 0.3 is 11.9 Å². The minimum absolute atomic E-state index is 0.00931. The van der Waals surface area contributed by atoms with Crippen molar-refractivity contribution < 1.29 is 38.9 Å². The number of carbonyl (C=O) groups is 5. The lowest BCUT2D eigenvalue weighted by atomic mass is 9.46. The van der Waals surface area contributed by atoms with Crippen molar-refractivity contribution in [3.8, 4) is 0 Å². The molecule has 0 aromatic heterocycles. The van der Waals surface area contributed by atoms with Gasteiger partial charge in [-0.1, -0.05) is 19.4 Å². The highest BCUT2D eigenvalue weighted by Crippen LogP contribution is 2.67. The maximum Gasteiger partial charge on any atom is 0.326 e. The second kappa shape index (κ2) is 10.1. The molecule has 5 rings (SSSR count). The molecular weight excluding hydrogens is 502 g/mol. The summed E-state index contributed by atoms with van der Waals surface area (Å²) in [5.74, 6) is -1.41. The molecule has 0 radical (unpaired) electrons. The molecule has 4 aliphatic carbocycles. The van der Waals surface area contributed by atoms with Crippen LogP contribution >= 0.6 is 0 Å². The molecule has 5 aliphatic rings. The fraction of sp³-hybridized carbons (Fsp3) is 0.767. The van der Waals surface area contributed by atoms with E-state index in [1.54, 1.807) is 0 Å². The van der Waals surface area contributed by atoms with Crippen LogP contribution in [0, 0.1) is 28.6 Å². The third-order valence-corrected chi connectivity index (χ3v) is 11.3. The number of allylic oxidation sites excluding steroid dienone is 1. The Morgan fingerprint density at radius 3 is 2.49 bits per heavy atom. The van der Waals surface area contributed by atoms with E-state index in [1.165, 1.54) is 10.5 Å². The molecule has 0 spiro atoms. The van der Waals surface area contributed by atoms with Gasteiger partial charge in [-0.25, -0.2) is 4.79 Å². The Morgan fingerprint density at radius 2 is 1.74 bits per heavy atom. The van der Waals surface area contributed by atoms with Crippen LogP contribution in [0.25, 0.3) is 0 Å². The molecule has 4 fully saturated rings. The van der Waals surface area contributed by atoms with Gasteiger partial charge in [-0.2, -0.15) is 0 Å². The number of nitrogens with zero attached hydrogens (tertiary/aromatic N) is 1. The number of carbonyl (C=O) groups excluding carboxylic acids is 4. The standard InChI is InChI=1S/C30H41NO8/c1-28-12-9-19(32)16-18(28)5-6-20-21(28)10-13-29(2)22(20)11-14-30(29,38)24(33)17-39-26(35)8-7-25(34)31-15-3-4-23(31)27(36)37/h16,20-23,38H,3-15,17H2,1-2H3,(H,36,37)/t20-,21+,22+,23+,28-,29-,30-/m0/s1. The van der Waals surface area contributed by atoms with E-state index in [2.05, 4.69) is 6.92 Å². The average molecular weight is 544 g/mol. The van der Waals surface area contributed by atoms with Crippen molar-refractivity contribution in [1.29, 1.82) is 0 Å². The number of likely N-dealkylation sites (tertiary alicyclic amines) is 1. The van der Waals surface area contributed by atoms with Crippen molar-refractivity contribution in [3.63, 3.8) is 0 Å². The highest BCUT2D eigenvalue weighted by molar-refractivity contribution is 5.92. The van der Waals surface area contributed by atoms with Gasteiger partial charge in [-0.15, -0.1) is 0 Å². The van der Waals surface area contributed by atoms with Crippen LogP contribution in [-0.2, 0) is 28.7 Å². The Kier molecular flexibility index (Phi) is 7.27. The first-order chi connectivity index (χ1) is 18.4. The topological polar surface area (TPSA) is 138 Å². The number of rotatable bonds is 7. The monoisotopic (exact) mass is 543 g/mol. The number of carboxylic acid groups (broad SMARTS) is 1. The van der Waals surface area contributed by atoms with Crippen molar-refractivity contribution in [1.82, 2.24) is 4.90 Å². The third kappa shape index (κ3) is 4.54. The van der Waals surface area contributed by atoms with Gasteiger partial charge in [0.2, 0.25) is 11.7 Å². The first-order valence-electron chi connectivity index (χ1n) is 14.6. The average Bonchev–Trinajstić information content (AvgIpc) is 3.50. The number of Topliss-reactive ketones (excluding diaryl/α,β-unsaturated/α-hetero) is 1. The summed E-state index contributed by atoms with van der Waals surface area (Å²) in [7, 11) is 0. The van der Waals surface area contributed by atoms with Crippen LogP contribution < -0.4 is 0 Å². The van der Waals surface area contributed by atoms with E-state index in [0.717, 1.165) is 32.1 Å². The Balaban J connectivity index is 1.18. The second-order valence-electron chi connectivity index (χ2n) is 13.0. The van der Waals surface area contributed by atoms with E-state index < -0.39 is 47.3 Å². The number of esters is 1. The van der Waals surface area contributed by atoms with Crippen LogP contribution in [0.4, 0.5) is 0 Å². The number of aliphatic carboxylic acids is 1. The molecule has 9 nitrogen and oxygen atoms in total. The highest BCUT2D eigenvalue weighted by Gasteiger charge is 2.66. The number of amides is 1. The van der Waals surface area contributed by atoms with Crippen molar-refractivity contribution in [2.24, 2.45) is 28.6 Å². The largest absolute Gasteiger partial charge is 0.480 e. The predicted octanol–water partition coefficient (Wildman–Crippen LogP) is 3.22. The summed E-state index contributed by atoms with van der Waals surface area (Å²) in [4.78, 5) is 62.9. The first-order valence-corrected chi connectivity index (χ1v) is 14.6. The van der Waals surface area contributed by atoms with Crippen molar-refractivity contribution in [3.05, 3.63) is 11.6 Å². The second-order valence-corrected chi connectivity index (χ2v) is 13.0. The quantitative estimate of drug-likeness (QED) is 0.467. The molecule has 39 heavy (non-hydrogen) atoms. The van der Waals surface area contributed by atoms with Gasteiger partial charge in [0.15, 0.2) is 12.4 Å². The predicted molar refractivity (Wildman–Crippen MR) is 139 cm³/mol. The molecule has 1 aliphatic heterocycles. The molecule has 7 atom stereocenters. The molecule has 1 amide bonds. The van der Waals surface area contributed by atoms with Crippen LogP contribution in [0.1, 0.15) is 90.9 Å². The molecule has 2 N–H and O–H groups in total. The van der Waals surface area contributed by atoms with E-state index in [0.29, 0.717) is 50.5 Å². The molecule has 0 aromatic carbocycles. The van der Waals surface area contributed by atoms with Gasteiger partial charge in [0.25, 0.3) is 0 Å². The lowest BCUT2D eigenvalue weighted by Gasteiger charge is -2.58. The molecule has 3 saturated carbocycles. The fourth-order valence-corrected chi connectivity index (χ4v) is 9.05. The van der Waals surface area contributed by atoms with Crippen LogP contribution in [0.3, 0.4) is 0 Å². The van der Waals surface area contributed by atoms with Crippen LogP contribution in [0.5, 0.6) is 0 Å². The summed E-state index contributed by atoms with van der Waals surface area (Å²) in [6.45, 7) is 4.14. The molecule has 9 heteroatoms. The van der Waals surface area contributed by atoms with Gasteiger partial charge in [0.1, 0.15) is 11.6 Å². The highest BCUT2D eigenvalue weighted by atomic mass is 16.5. The number of aliphatic hydroxyl groups is 1. The van der Waals surface area contributed by atoms with Crippen LogP contribution in [0.2, 0.25) is 0 Å². The van der Waals surface area contributed by atoms with Gasteiger partial charge < -0.3 is 19.8 Å². The molecule has 1 saturated heterocycles.